The summed E-state index contributed by atoms with van der Waals surface area (Å²) in [6, 6.07) is 10.3. The summed E-state index contributed by atoms with van der Waals surface area (Å²) < 4.78 is 2.00. The van der Waals surface area contributed by atoms with Crippen LogP contribution in [0, 0.1) is 0 Å². The lowest BCUT2D eigenvalue weighted by Crippen LogP contribution is -2.38. The molecule has 0 fully saturated rings. The number of aromatic nitrogens is 4. The smallest absolute Gasteiger partial charge is 0.137 e. The number of benzene rings is 1. The number of imidazole rings is 1. The van der Waals surface area contributed by atoms with E-state index < -0.39 is 0 Å². The molecular weight excluding hydrogens is 334 g/mol. The van der Waals surface area contributed by atoms with Crippen molar-refractivity contribution in [3.05, 3.63) is 59.1 Å². The minimum absolute atomic E-state index is 0.514. The van der Waals surface area contributed by atoms with Gasteiger partial charge in [-0.1, -0.05) is 11.6 Å². The third-order valence-corrected chi connectivity index (χ3v) is 5.19. The molecule has 5 nitrogen and oxygen atoms in total. The Hall–Kier alpha value is -2.11. The maximum atomic E-state index is 5.98. The highest BCUT2D eigenvalue weighted by Crippen LogP contribution is 2.25. The maximum absolute atomic E-state index is 5.98. The average molecular weight is 356 g/mol. The SMILES string of the molecule is C[C@H](CCn1cccn1)N1CCc2nc(-c3ccc(Cl)cc3)[nH]c2C1. The lowest BCUT2D eigenvalue weighted by Gasteiger charge is -2.31. The van der Waals surface area contributed by atoms with Crippen molar-refractivity contribution in [2.45, 2.75) is 38.9 Å². The molecule has 1 N–H and O–H groups in total. The Morgan fingerprint density at radius 3 is 2.88 bits per heavy atom. The van der Waals surface area contributed by atoms with E-state index in [2.05, 4.69) is 21.9 Å². The van der Waals surface area contributed by atoms with Crippen LogP contribution in [0.4, 0.5) is 0 Å². The predicted octanol–water partition coefficient (Wildman–Crippen LogP) is 3.76. The quantitative estimate of drug-likeness (QED) is 0.758. The number of halogens is 1. The van der Waals surface area contributed by atoms with Crippen LogP contribution in [0.15, 0.2) is 42.7 Å². The number of aryl methyl sites for hydroxylation is 1. The first-order valence-electron chi connectivity index (χ1n) is 8.74. The van der Waals surface area contributed by atoms with Gasteiger partial charge in [0.2, 0.25) is 0 Å². The molecule has 3 aromatic rings. The largest absolute Gasteiger partial charge is 0.341 e. The van der Waals surface area contributed by atoms with Gasteiger partial charge >= 0.3 is 0 Å². The zero-order valence-electron chi connectivity index (χ0n) is 14.3. The minimum Gasteiger partial charge on any atom is -0.341 e. The van der Waals surface area contributed by atoms with Crippen LogP contribution < -0.4 is 0 Å². The number of fused-ring (bicyclic) bond motifs is 1. The molecule has 0 saturated carbocycles. The first kappa shape index (κ1) is 16.4. The van der Waals surface area contributed by atoms with Crippen LogP contribution >= 0.6 is 11.6 Å². The van der Waals surface area contributed by atoms with Gasteiger partial charge in [0.1, 0.15) is 5.82 Å². The number of H-pyrrole nitrogens is 1. The Bertz CT molecular complexity index is 822. The highest BCUT2D eigenvalue weighted by atomic mass is 35.5. The van der Waals surface area contributed by atoms with Gasteiger partial charge in [0, 0.05) is 55.1 Å². The highest BCUT2D eigenvalue weighted by Gasteiger charge is 2.23. The van der Waals surface area contributed by atoms with Crippen LogP contribution in [-0.2, 0) is 19.5 Å². The van der Waals surface area contributed by atoms with Crippen molar-refractivity contribution in [3.8, 4) is 11.4 Å². The van der Waals surface area contributed by atoms with Crippen LogP contribution in [0.5, 0.6) is 0 Å². The molecule has 0 spiro atoms. The first-order valence-corrected chi connectivity index (χ1v) is 9.12. The van der Waals surface area contributed by atoms with Crippen LogP contribution in [0.25, 0.3) is 11.4 Å². The summed E-state index contributed by atoms with van der Waals surface area (Å²) in [4.78, 5) is 10.8. The average Bonchev–Trinajstić information content (AvgIpc) is 3.29. The topological polar surface area (TPSA) is 49.7 Å². The van der Waals surface area contributed by atoms with Gasteiger partial charge in [0.05, 0.1) is 11.4 Å². The molecule has 1 aliphatic heterocycles. The fraction of sp³-hybridized carbons (Fsp3) is 0.368. The molecule has 0 radical (unpaired) electrons. The van der Waals surface area contributed by atoms with Crippen molar-refractivity contribution >= 4 is 11.6 Å². The van der Waals surface area contributed by atoms with Gasteiger partial charge in [0.25, 0.3) is 0 Å². The Kier molecular flexibility index (Phi) is 4.59. The third-order valence-electron chi connectivity index (χ3n) is 4.94. The van der Waals surface area contributed by atoms with Crippen molar-refractivity contribution in [3.63, 3.8) is 0 Å². The van der Waals surface area contributed by atoms with E-state index in [-0.39, 0.29) is 0 Å². The fourth-order valence-electron chi connectivity index (χ4n) is 3.37. The van der Waals surface area contributed by atoms with E-state index in [1.165, 1.54) is 11.4 Å². The van der Waals surface area contributed by atoms with E-state index in [0.29, 0.717) is 6.04 Å². The van der Waals surface area contributed by atoms with E-state index >= 15 is 0 Å². The van der Waals surface area contributed by atoms with Gasteiger partial charge in [-0.15, -0.1) is 0 Å². The molecule has 1 aliphatic rings. The Morgan fingerprint density at radius 2 is 2.12 bits per heavy atom. The number of nitrogens with one attached hydrogen (secondary N) is 1. The second kappa shape index (κ2) is 7.02. The van der Waals surface area contributed by atoms with Crippen LogP contribution in [-0.4, -0.2) is 37.2 Å². The minimum atomic E-state index is 0.514. The molecule has 1 aromatic carbocycles. The fourth-order valence-corrected chi connectivity index (χ4v) is 3.50. The monoisotopic (exact) mass is 355 g/mol. The second-order valence-corrected chi connectivity index (χ2v) is 7.08. The Labute approximate surface area is 152 Å². The predicted molar refractivity (Wildman–Crippen MR) is 99.5 cm³/mol. The Balaban J connectivity index is 1.43. The zero-order valence-corrected chi connectivity index (χ0v) is 15.1. The van der Waals surface area contributed by atoms with E-state index in [0.717, 1.165) is 48.9 Å². The van der Waals surface area contributed by atoms with Crippen molar-refractivity contribution in [2.24, 2.45) is 0 Å². The summed E-state index contributed by atoms with van der Waals surface area (Å²) in [6.07, 6.45) is 5.94. The van der Waals surface area contributed by atoms with Gasteiger partial charge in [0.15, 0.2) is 0 Å². The lowest BCUT2D eigenvalue weighted by molar-refractivity contribution is 0.173. The molecule has 0 unspecified atom stereocenters. The van der Waals surface area contributed by atoms with E-state index in [1.54, 1.807) is 0 Å². The number of hydrogen-bond acceptors (Lipinski definition) is 3. The van der Waals surface area contributed by atoms with Crippen molar-refractivity contribution < 1.29 is 0 Å². The summed E-state index contributed by atoms with van der Waals surface area (Å²) in [5.74, 6) is 0.938. The molecule has 0 amide bonds. The molecule has 0 aliphatic carbocycles. The summed E-state index contributed by atoms with van der Waals surface area (Å²) >= 11 is 5.98. The van der Waals surface area contributed by atoms with Gasteiger partial charge < -0.3 is 4.98 Å². The Morgan fingerprint density at radius 1 is 1.28 bits per heavy atom. The van der Waals surface area contributed by atoms with Gasteiger partial charge in [-0.05, 0) is 43.7 Å². The highest BCUT2D eigenvalue weighted by molar-refractivity contribution is 6.30. The molecule has 6 heteroatoms. The zero-order chi connectivity index (χ0) is 17.2. The van der Waals surface area contributed by atoms with E-state index in [9.17, 15) is 0 Å². The van der Waals surface area contributed by atoms with Gasteiger partial charge in [-0.3, -0.25) is 9.58 Å². The van der Waals surface area contributed by atoms with Crippen molar-refractivity contribution in [1.82, 2.24) is 24.6 Å². The van der Waals surface area contributed by atoms with Crippen molar-refractivity contribution in [2.75, 3.05) is 6.54 Å². The molecule has 0 saturated heterocycles. The molecule has 1 atom stereocenters. The van der Waals surface area contributed by atoms with Crippen LogP contribution in [0.1, 0.15) is 24.7 Å². The van der Waals surface area contributed by atoms with Crippen LogP contribution in [0.2, 0.25) is 5.02 Å². The molecule has 2 aromatic heterocycles. The molecule has 3 heterocycles. The first-order chi connectivity index (χ1) is 12.2. The summed E-state index contributed by atoms with van der Waals surface area (Å²) in [5.41, 5.74) is 3.51. The summed E-state index contributed by atoms with van der Waals surface area (Å²) in [5, 5.41) is 5.03. The van der Waals surface area contributed by atoms with E-state index in [4.69, 9.17) is 16.6 Å². The molecule has 0 bridgehead atoms. The van der Waals surface area contributed by atoms with Gasteiger partial charge in [-0.25, -0.2) is 4.98 Å². The third kappa shape index (κ3) is 3.62. The molecule has 25 heavy (non-hydrogen) atoms. The van der Waals surface area contributed by atoms with Crippen LogP contribution in [0.3, 0.4) is 0 Å². The summed E-state index contributed by atoms with van der Waals surface area (Å²) in [6.45, 7) is 5.23. The number of hydrogen-bond donors (Lipinski definition) is 1. The number of aromatic amines is 1. The summed E-state index contributed by atoms with van der Waals surface area (Å²) in [7, 11) is 0. The standard InChI is InChI=1S/C19H22ClN5/c1-14(7-12-25-10-2-9-21-25)24-11-8-17-18(13-24)23-19(22-17)15-3-5-16(20)6-4-15/h2-6,9-10,14H,7-8,11-13H2,1H3,(H,22,23)/t14-/m1/s1. The van der Waals surface area contributed by atoms with E-state index in [1.807, 2.05) is 47.4 Å². The maximum Gasteiger partial charge on any atom is 0.137 e. The second-order valence-electron chi connectivity index (χ2n) is 6.64. The molecule has 4 rings (SSSR count). The van der Waals surface area contributed by atoms with Crippen molar-refractivity contribution in [1.29, 1.82) is 0 Å². The number of nitrogens with zero attached hydrogens (tertiary/aromatic N) is 4. The number of rotatable bonds is 5. The normalized spacial score (nSPS) is 15.9. The van der Waals surface area contributed by atoms with Gasteiger partial charge in [-0.2, -0.15) is 5.10 Å². The molecule has 130 valence electrons. The lowest BCUT2D eigenvalue weighted by atomic mass is 10.1. The molecular formula is C19H22ClN5.